The molecule has 0 saturated heterocycles. The fourth-order valence-corrected chi connectivity index (χ4v) is 2.15. The van der Waals surface area contributed by atoms with Crippen LogP contribution in [-0.2, 0) is 12.3 Å². The minimum Gasteiger partial charge on any atom is -0.415 e. The minimum absolute atomic E-state index is 0.290. The van der Waals surface area contributed by atoms with Gasteiger partial charge in [-0.05, 0) is 18.1 Å². The molecule has 16 heavy (non-hydrogen) atoms. The van der Waals surface area contributed by atoms with Crippen LogP contribution >= 0.6 is 11.8 Å². The molecule has 0 aliphatic heterocycles. The molecule has 0 aliphatic carbocycles. The van der Waals surface area contributed by atoms with Gasteiger partial charge >= 0.3 is 0 Å². The van der Waals surface area contributed by atoms with Crippen molar-refractivity contribution < 1.29 is 4.42 Å². The van der Waals surface area contributed by atoms with Crippen molar-refractivity contribution in [3.63, 3.8) is 0 Å². The maximum atomic E-state index is 5.39. The Balaban J connectivity index is 1.99. The summed E-state index contributed by atoms with van der Waals surface area (Å²) in [5.41, 5.74) is 7.94. The van der Waals surface area contributed by atoms with Crippen molar-refractivity contribution in [2.45, 2.75) is 24.4 Å². The highest BCUT2D eigenvalue weighted by Crippen LogP contribution is 2.22. The Kier molecular flexibility index (Phi) is 3.58. The Hall–Kier alpha value is -1.33. The highest BCUT2D eigenvalue weighted by molar-refractivity contribution is 7.98. The Morgan fingerprint density at radius 3 is 2.81 bits per heavy atom. The summed E-state index contributed by atoms with van der Waals surface area (Å²) in [5.74, 6) is 1.31. The molecule has 2 N–H and O–H groups in total. The van der Waals surface area contributed by atoms with E-state index in [0.29, 0.717) is 11.1 Å². The fourth-order valence-electron chi connectivity index (χ4n) is 1.29. The average Bonchev–Trinajstić information content (AvgIpc) is 2.76. The van der Waals surface area contributed by atoms with Crippen molar-refractivity contribution >= 4 is 11.8 Å². The third kappa shape index (κ3) is 2.62. The van der Waals surface area contributed by atoms with Gasteiger partial charge in [-0.15, -0.1) is 10.2 Å². The molecule has 0 atom stereocenters. The van der Waals surface area contributed by atoms with Gasteiger partial charge in [0.2, 0.25) is 5.89 Å². The lowest BCUT2D eigenvalue weighted by Gasteiger charge is -2.01. The van der Waals surface area contributed by atoms with E-state index in [4.69, 9.17) is 10.2 Å². The minimum atomic E-state index is 0.290. The molecular formula is C11H13N3OS. The van der Waals surface area contributed by atoms with Crippen molar-refractivity contribution in [2.24, 2.45) is 5.73 Å². The molecule has 4 nitrogen and oxygen atoms in total. The first-order valence-electron chi connectivity index (χ1n) is 4.99. The summed E-state index contributed by atoms with van der Waals surface area (Å²) in [6, 6.07) is 8.25. The highest BCUT2D eigenvalue weighted by Gasteiger charge is 2.06. The van der Waals surface area contributed by atoms with Crippen LogP contribution in [0.4, 0.5) is 0 Å². The van der Waals surface area contributed by atoms with Crippen LogP contribution in [0.1, 0.15) is 17.0 Å². The maximum absolute atomic E-state index is 5.39. The number of hydrogen-bond donors (Lipinski definition) is 1. The summed E-state index contributed by atoms with van der Waals surface area (Å²) in [5, 5.41) is 8.28. The van der Waals surface area contributed by atoms with Crippen LogP contribution in [-0.4, -0.2) is 10.2 Å². The molecule has 0 bridgehead atoms. The summed E-state index contributed by atoms with van der Waals surface area (Å²) < 4.78 is 5.31. The molecule has 0 unspecified atom stereocenters. The predicted octanol–water partition coefficient (Wildman–Crippen LogP) is 2.13. The molecule has 2 rings (SSSR count). The monoisotopic (exact) mass is 235 g/mol. The second kappa shape index (κ2) is 5.14. The molecular weight excluding hydrogens is 222 g/mol. The summed E-state index contributed by atoms with van der Waals surface area (Å²) in [6.45, 7) is 2.38. The second-order valence-corrected chi connectivity index (χ2v) is 4.31. The zero-order valence-electron chi connectivity index (χ0n) is 9.01. The van der Waals surface area contributed by atoms with Crippen molar-refractivity contribution in [2.75, 3.05) is 0 Å². The Morgan fingerprint density at radius 1 is 1.31 bits per heavy atom. The molecule has 0 spiro atoms. The van der Waals surface area contributed by atoms with E-state index in [1.165, 1.54) is 22.9 Å². The van der Waals surface area contributed by atoms with Crippen molar-refractivity contribution in [3.05, 3.63) is 41.3 Å². The summed E-state index contributed by atoms with van der Waals surface area (Å²) in [4.78, 5) is 0. The van der Waals surface area contributed by atoms with Crippen LogP contribution in [0.5, 0.6) is 0 Å². The molecule has 84 valence electrons. The zero-order chi connectivity index (χ0) is 11.4. The largest absolute Gasteiger partial charge is 0.415 e. The number of benzene rings is 1. The molecule has 1 heterocycles. The van der Waals surface area contributed by atoms with E-state index >= 15 is 0 Å². The average molecular weight is 235 g/mol. The van der Waals surface area contributed by atoms with Crippen molar-refractivity contribution in [1.82, 2.24) is 10.2 Å². The van der Waals surface area contributed by atoms with Gasteiger partial charge in [0.1, 0.15) is 0 Å². The van der Waals surface area contributed by atoms with Gasteiger partial charge in [-0.3, -0.25) is 0 Å². The van der Waals surface area contributed by atoms with Gasteiger partial charge in [-0.1, -0.05) is 36.0 Å². The van der Waals surface area contributed by atoms with Crippen LogP contribution in [0.2, 0.25) is 0 Å². The maximum Gasteiger partial charge on any atom is 0.276 e. The van der Waals surface area contributed by atoms with Gasteiger partial charge in [0.05, 0.1) is 6.54 Å². The summed E-state index contributed by atoms with van der Waals surface area (Å²) in [6.07, 6.45) is 0. The lowest BCUT2D eigenvalue weighted by molar-refractivity contribution is 0.415. The van der Waals surface area contributed by atoms with Gasteiger partial charge < -0.3 is 10.2 Å². The van der Waals surface area contributed by atoms with Crippen LogP contribution in [0, 0.1) is 6.92 Å². The first-order chi connectivity index (χ1) is 7.79. The third-order valence-electron chi connectivity index (χ3n) is 2.24. The van der Waals surface area contributed by atoms with Crippen LogP contribution in [0.25, 0.3) is 0 Å². The lowest BCUT2D eigenvalue weighted by atomic mass is 10.1. The fraction of sp³-hybridized carbons (Fsp3) is 0.273. The number of aromatic nitrogens is 2. The standard InChI is InChI=1S/C11H13N3OS/c1-8-4-2-3-5-9(8)7-16-11-14-13-10(6-12)15-11/h2-5H,6-7,12H2,1H3. The molecule has 1 aromatic heterocycles. The smallest absolute Gasteiger partial charge is 0.276 e. The predicted molar refractivity (Wildman–Crippen MR) is 62.9 cm³/mol. The quantitative estimate of drug-likeness (QED) is 0.822. The Labute approximate surface area is 98.2 Å². The number of thioether (sulfide) groups is 1. The van der Waals surface area contributed by atoms with Gasteiger partial charge in [0.25, 0.3) is 5.22 Å². The van der Waals surface area contributed by atoms with E-state index in [2.05, 4.69) is 29.3 Å². The van der Waals surface area contributed by atoms with Gasteiger partial charge in [0, 0.05) is 5.75 Å². The zero-order valence-corrected chi connectivity index (χ0v) is 9.83. The number of aryl methyl sites for hydroxylation is 1. The first kappa shape index (κ1) is 11.2. The van der Waals surface area contributed by atoms with Gasteiger partial charge in [0.15, 0.2) is 0 Å². The number of nitrogens with two attached hydrogens (primary N) is 1. The molecule has 0 fully saturated rings. The Bertz CT molecular complexity index is 470. The van der Waals surface area contributed by atoms with Crippen molar-refractivity contribution in [3.8, 4) is 0 Å². The molecule has 2 aromatic rings. The van der Waals surface area contributed by atoms with E-state index in [1.54, 1.807) is 0 Å². The molecule has 0 aliphatic rings. The lowest BCUT2D eigenvalue weighted by Crippen LogP contribution is -1.95. The molecule has 0 amide bonds. The van der Waals surface area contributed by atoms with E-state index < -0.39 is 0 Å². The topological polar surface area (TPSA) is 64.9 Å². The Morgan fingerprint density at radius 2 is 2.12 bits per heavy atom. The van der Waals surface area contributed by atoms with Gasteiger partial charge in [-0.2, -0.15) is 0 Å². The van der Waals surface area contributed by atoms with Crippen LogP contribution in [0.3, 0.4) is 0 Å². The summed E-state index contributed by atoms with van der Waals surface area (Å²) >= 11 is 1.53. The van der Waals surface area contributed by atoms with Crippen LogP contribution in [0.15, 0.2) is 33.9 Å². The van der Waals surface area contributed by atoms with Crippen molar-refractivity contribution in [1.29, 1.82) is 0 Å². The molecule has 0 saturated carbocycles. The molecule has 0 radical (unpaired) electrons. The number of hydrogen-bond acceptors (Lipinski definition) is 5. The number of nitrogens with zero attached hydrogens (tertiary/aromatic N) is 2. The van der Waals surface area contributed by atoms with Gasteiger partial charge in [-0.25, -0.2) is 0 Å². The SMILES string of the molecule is Cc1ccccc1CSc1nnc(CN)o1. The van der Waals surface area contributed by atoms with Crippen LogP contribution < -0.4 is 5.73 Å². The van der Waals surface area contributed by atoms with E-state index in [1.807, 2.05) is 12.1 Å². The second-order valence-electron chi connectivity index (χ2n) is 3.38. The normalized spacial score (nSPS) is 10.6. The molecule has 1 aromatic carbocycles. The molecule has 5 heteroatoms. The van der Waals surface area contributed by atoms with E-state index in [9.17, 15) is 0 Å². The highest BCUT2D eigenvalue weighted by atomic mass is 32.2. The van der Waals surface area contributed by atoms with E-state index in [-0.39, 0.29) is 6.54 Å². The summed E-state index contributed by atoms with van der Waals surface area (Å²) in [7, 11) is 0. The number of rotatable bonds is 4. The van der Waals surface area contributed by atoms with E-state index in [0.717, 1.165) is 5.75 Å². The first-order valence-corrected chi connectivity index (χ1v) is 5.98. The third-order valence-corrected chi connectivity index (χ3v) is 3.10.